The molecule has 1 fully saturated rings. The van der Waals surface area contributed by atoms with E-state index in [2.05, 4.69) is 25.3 Å². The lowest BCUT2D eigenvalue weighted by Gasteiger charge is -2.26. The van der Waals surface area contributed by atoms with Crippen molar-refractivity contribution >= 4 is 29.9 Å². The molecule has 0 aromatic heterocycles. The predicted molar refractivity (Wildman–Crippen MR) is 122 cm³/mol. The Morgan fingerprint density at radius 3 is 2.40 bits per heavy atom. The van der Waals surface area contributed by atoms with Gasteiger partial charge in [-0.05, 0) is 30.5 Å². The molecule has 0 spiro atoms. The van der Waals surface area contributed by atoms with Gasteiger partial charge in [0.1, 0.15) is 6.61 Å². The van der Waals surface area contributed by atoms with Crippen molar-refractivity contribution in [2.24, 2.45) is 4.99 Å². The number of guanidine groups is 1. The Morgan fingerprint density at radius 2 is 1.77 bits per heavy atom. The van der Waals surface area contributed by atoms with Gasteiger partial charge >= 0.3 is 6.18 Å². The molecule has 2 rings (SSSR count). The van der Waals surface area contributed by atoms with E-state index >= 15 is 0 Å². The standard InChI is InChI=1S/C20H31F3N4O2.HI/c1-24-19(25-8-2-3-9-27-10-12-28-13-11-27)26-14-17-4-6-18(7-5-17)15-29-16-20(21,22)23;/h4-7H,2-3,8-16H2,1H3,(H2,24,25,26);1H. The molecule has 0 unspecified atom stereocenters. The number of ether oxygens (including phenoxy) is 2. The Balaban J connectivity index is 0.00000450. The third-order valence-corrected chi connectivity index (χ3v) is 4.54. The van der Waals surface area contributed by atoms with E-state index in [0.717, 1.165) is 63.8 Å². The lowest BCUT2D eigenvalue weighted by Crippen LogP contribution is -2.38. The van der Waals surface area contributed by atoms with Gasteiger partial charge in [-0.3, -0.25) is 9.89 Å². The van der Waals surface area contributed by atoms with Crippen LogP contribution in [0.5, 0.6) is 0 Å². The summed E-state index contributed by atoms with van der Waals surface area (Å²) in [4.78, 5) is 6.64. The maximum absolute atomic E-state index is 12.1. The number of benzene rings is 1. The highest BCUT2D eigenvalue weighted by Crippen LogP contribution is 2.15. The molecule has 1 aliphatic rings. The van der Waals surface area contributed by atoms with Crippen LogP contribution < -0.4 is 10.6 Å². The molecular weight excluding hydrogens is 512 g/mol. The first kappa shape index (κ1) is 26.9. The zero-order valence-corrected chi connectivity index (χ0v) is 19.7. The summed E-state index contributed by atoms with van der Waals surface area (Å²) in [5.74, 6) is 0.731. The number of rotatable bonds is 10. The predicted octanol–water partition coefficient (Wildman–Crippen LogP) is 3.16. The molecule has 0 bridgehead atoms. The Kier molecular flexibility index (Phi) is 13.3. The summed E-state index contributed by atoms with van der Waals surface area (Å²) in [6, 6.07) is 7.29. The number of hydrogen-bond donors (Lipinski definition) is 2. The quantitative estimate of drug-likeness (QED) is 0.205. The van der Waals surface area contributed by atoms with Crippen molar-refractivity contribution in [2.75, 3.05) is 53.0 Å². The van der Waals surface area contributed by atoms with Crippen molar-refractivity contribution in [3.63, 3.8) is 0 Å². The molecule has 1 saturated heterocycles. The summed E-state index contributed by atoms with van der Waals surface area (Å²) in [5.41, 5.74) is 1.72. The van der Waals surface area contributed by atoms with E-state index in [1.54, 1.807) is 19.2 Å². The van der Waals surface area contributed by atoms with Crippen LogP contribution in [-0.4, -0.2) is 70.1 Å². The largest absolute Gasteiger partial charge is 0.411 e. The van der Waals surface area contributed by atoms with Crippen molar-refractivity contribution in [2.45, 2.75) is 32.2 Å². The summed E-state index contributed by atoms with van der Waals surface area (Å²) in [6.07, 6.45) is -2.11. The number of unbranched alkanes of at least 4 members (excludes halogenated alkanes) is 1. The van der Waals surface area contributed by atoms with Gasteiger partial charge in [0.2, 0.25) is 0 Å². The van der Waals surface area contributed by atoms with Crippen molar-refractivity contribution in [3.8, 4) is 0 Å². The third kappa shape index (κ3) is 11.9. The summed E-state index contributed by atoms with van der Waals surface area (Å²) >= 11 is 0. The van der Waals surface area contributed by atoms with E-state index in [1.807, 2.05) is 12.1 Å². The first-order chi connectivity index (χ1) is 14.0. The SMILES string of the molecule is CN=C(NCCCCN1CCOCC1)NCc1ccc(COCC(F)(F)F)cc1.I. The zero-order chi connectivity index (χ0) is 21.0. The number of aliphatic imine (C=N–C) groups is 1. The summed E-state index contributed by atoms with van der Waals surface area (Å²) in [6.45, 7) is 4.93. The smallest absolute Gasteiger partial charge is 0.379 e. The van der Waals surface area contributed by atoms with Crippen LogP contribution in [0.15, 0.2) is 29.3 Å². The minimum atomic E-state index is -4.30. The van der Waals surface area contributed by atoms with Gasteiger partial charge in [-0.25, -0.2) is 0 Å². The fraction of sp³-hybridized carbons (Fsp3) is 0.650. The molecule has 172 valence electrons. The van der Waals surface area contributed by atoms with Gasteiger partial charge < -0.3 is 20.1 Å². The number of hydrogen-bond acceptors (Lipinski definition) is 4. The van der Waals surface area contributed by atoms with Crippen LogP contribution in [0, 0.1) is 0 Å². The number of nitrogens with zero attached hydrogens (tertiary/aromatic N) is 2. The Hall–Kier alpha value is -1.11. The van der Waals surface area contributed by atoms with Crippen LogP contribution in [0.1, 0.15) is 24.0 Å². The van der Waals surface area contributed by atoms with Crippen LogP contribution in [-0.2, 0) is 22.6 Å². The summed E-state index contributed by atoms with van der Waals surface area (Å²) in [7, 11) is 1.73. The molecule has 2 N–H and O–H groups in total. The van der Waals surface area contributed by atoms with Crippen molar-refractivity contribution < 1.29 is 22.6 Å². The van der Waals surface area contributed by atoms with E-state index in [1.165, 1.54) is 0 Å². The minimum absolute atomic E-state index is 0. The van der Waals surface area contributed by atoms with E-state index in [4.69, 9.17) is 4.74 Å². The lowest BCUT2D eigenvalue weighted by molar-refractivity contribution is -0.176. The average molecular weight is 544 g/mol. The van der Waals surface area contributed by atoms with Gasteiger partial charge in [-0.2, -0.15) is 13.2 Å². The Bertz CT molecular complexity index is 609. The molecular formula is C20H32F3IN4O2. The molecule has 1 aromatic carbocycles. The van der Waals surface area contributed by atoms with Gasteiger partial charge in [0.15, 0.2) is 5.96 Å². The molecule has 0 atom stereocenters. The van der Waals surface area contributed by atoms with Gasteiger partial charge in [0, 0.05) is 33.2 Å². The first-order valence-corrected chi connectivity index (χ1v) is 9.93. The van der Waals surface area contributed by atoms with E-state index in [0.29, 0.717) is 12.1 Å². The monoisotopic (exact) mass is 544 g/mol. The van der Waals surface area contributed by atoms with Crippen molar-refractivity contribution in [1.82, 2.24) is 15.5 Å². The fourth-order valence-electron chi connectivity index (χ4n) is 2.94. The topological polar surface area (TPSA) is 58.1 Å². The van der Waals surface area contributed by atoms with Crippen LogP contribution in [0.2, 0.25) is 0 Å². The molecule has 1 aromatic rings. The van der Waals surface area contributed by atoms with E-state index < -0.39 is 12.8 Å². The maximum Gasteiger partial charge on any atom is 0.411 e. The molecule has 0 amide bonds. The van der Waals surface area contributed by atoms with Gasteiger partial charge in [-0.1, -0.05) is 24.3 Å². The fourth-order valence-corrected chi connectivity index (χ4v) is 2.94. The molecule has 10 heteroatoms. The molecule has 1 heterocycles. The second-order valence-electron chi connectivity index (χ2n) is 6.94. The van der Waals surface area contributed by atoms with Crippen molar-refractivity contribution in [1.29, 1.82) is 0 Å². The summed E-state index contributed by atoms with van der Waals surface area (Å²) in [5, 5.41) is 6.54. The molecule has 30 heavy (non-hydrogen) atoms. The molecule has 0 aliphatic carbocycles. The molecule has 1 aliphatic heterocycles. The van der Waals surface area contributed by atoms with Crippen LogP contribution in [0.25, 0.3) is 0 Å². The first-order valence-electron chi connectivity index (χ1n) is 9.93. The minimum Gasteiger partial charge on any atom is -0.379 e. The van der Waals surface area contributed by atoms with Gasteiger partial charge in [0.25, 0.3) is 0 Å². The highest BCUT2D eigenvalue weighted by atomic mass is 127. The van der Waals surface area contributed by atoms with Gasteiger partial charge in [0.05, 0.1) is 19.8 Å². The second-order valence-corrected chi connectivity index (χ2v) is 6.94. The summed E-state index contributed by atoms with van der Waals surface area (Å²) < 4.78 is 46.3. The van der Waals surface area contributed by atoms with Gasteiger partial charge in [-0.15, -0.1) is 24.0 Å². The van der Waals surface area contributed by atoms with Crippen LogP contribution >= 0.6 is 24.0 Å². The van der Waals surface area contributed by atoms with Crippen molar-refractivity contribution in [3.05, 3.63) is 35.4 Å². The second kappa shape index (κ2) is 14.8. The highest BCUT2D eigenvalue weighted by molar-refractivity contribution is 14.0. The Morgan fingerprint density at radius 1 is 1.10 bits per heavy atom. The molecule has 6 nitrogen and oxygen atoms in total. The highest BCUT2D eigenvalue weighted by Gasteiger charge is 2.27. The van der Waals surface area contributed by atoms with Crippen LogP contribution in [0.4, 0.5) is 13.2 Å². The molecule has 0 saturated carbocycles. The lowest BCUT2D eigenvalue weighted by atomic mass is 10.1. The average Bonchev–Trinajstić information content (AvgIpc) is 2.71. The maximum atomic E-state index is 12.1. The third-order valence-electron chi connectivity index (χ3n) is 4.54. The van der Waals surface area contributed by atoms with Crippen LogP contribution in [0.3, 0.4) is 0 Å². The number of alkyl halides is 3. The number of halogens is 4. The zero-order valence-electron chi connectivity index (χ0n) is 17.3. The number of nitrogens with one attached hydrogen (secondary N) is 2. The van der Waals surface area contributed by atoms with E-state index in [9.17, 15) is 13.2 Å². The normalized spacial score (nSPS) is 15.5. The molecule has 0 radical (unpaired) electrons. The Labute approximate surface area is 193 Å². The van der Waals surface area contributed by atoms with E-state index in [-0.39, 0.29) is 30.6 Å². The number of morpholine rings is 1.